The normalized spacial score (nSPS) is 25.8. The summed E-state index contributed by atoms with van der Waals surface area (Å²) in [6.07, 6.45) is 8.35. The zero-order valence-electron chi connectivity index (χ0n) is 11.6. The van der Waals surface area contributed by atoms with E-state index in [1.165, 1.54) is 30.5 Å². The lowest BCUT2D eigenvalue weighted by atomic mass is 10.1. The third-order valence-corrected chi connectivity index (χ3v) is 4.01. The highest BCUT2D eigenvalue weighted by Crippen LogP contribution is 2.30. The van der Waals surface area contributed by atoms with Crippen molar-refractivity contribution in [3.05, 3.63) is 24.0 Å². The van der Waals surface area contributed by atoms with Crippen LogP contribution in [0.25, 0.3) is 0 Å². The van der Waals surface area contributed by atoms with Gasteiger partial charge >= 0.3 is 0 Å². The lowest BCUT2D eigenvalue weighted by Crippen LogP contribution is -2.43. The van der Waals surface area contributed by atoms with E-state index in [9.17, 15) is 0 Å². The first-order valence-corrected chi connectivity index (χ1v) is 7.41. The van der Waals surface area contributed by atoms with Crippen LogP contribution in [0.4, 0.5) is 5.69 Å². The Hall–Kier alpha value is -1.13. The van der Waals surface area contributed by atoms with Gasteiger partial charge in [0, 0.05) is 25.8 Å². The molecule has 0 aromatic carbocycles. The van der Waals surface area contributed by atoms with Gasteiger partial charge in [-0.3, -0.25) is 4.98 Å². The van der Waals surface area contributed by atoms with E-state index in [1.807, 2.05) is 12.4 Å². The van der Waals surface area contributed by atoms with Gasteiger partial charge in [-0.05, 0) is 37.4 Å². The molecule has 104 valence electrons. The highest BCUT2D eigenvalue weighted by Gasteiger charge is 2.34. The van der Waals surface area contributed by atoms with E-state index in [1.54, 1.807) is 0 Å². The maximum Gasteiger partial charge on any atom is 0.0755 e. The van der Waals surface area contributed by atoms with Crippen molar-refractivity contribution in [2.75, 3.05) is 24.5 Å². The Morgan fingerprint density at radius 3 is 2.89 bits per heavy atom. The van der Waals surface area contributed by atoms with Crippen molar-refractivity contribution in [1.82, 2.24) is 10.3 Å². The third kappa shape index (κ3) is 2.90. The molecule has 2 saturated heterocycles. The number of nitrogens with zero attached hydrogens (tertiary/aromatic N) is 2. The number of fused-ring (bicyclic) bond motifs is 2. The van der Waals surface area contributed by atoms with E-state index in [4.69, 9.17) is 4.74 Å². The molecule has 2 unspecified atom stereocenters. The van der Waals surface area contributed by atoms with Crippen LogP contribution in [0.2, 0.25) is 0 Å². The first-order valence-electron chi connectivity index (χ1n) is 7.41. The molecule has 4 heteroatoms. The molecule has 2 aliphatic heterocycles. The van der Waals surface area contributed by atoms with Gasteiger partial charge in [-0.15, -0.1) is 0 Å². The number of ether oxygens (including phenoxy) is 1. The van der Waals surface area contributed by atoms with Crippen molar-refractivity contribution in [3.63, 3.8) is 0 Å². The second-order valence-electron chi connectivity index (χ2n) is 5.54. The molecule has 0 radical (unpaired) electrons. The van der Waals surface area contributed by atoms with E-state index < -0.39 is 0 Å². The SMILES string of the molecule is CCCNCc1ccncc1N1CC2CCC(C1)O2. The van der Waals surface area contributed by atoms with E-state index in [0.29, 0.717) is 12.2 Å². The molecular formula is C15H23N3O. The van der Waals surface area contributed by atoms with Gasteiger partial charge in [0.2, 0.25) is 0 Å². The summed E-state index contributed by atoms with van der Waals surface area (Å²) in [5, 5.41) is 3.48. The Morgan fingerprint density at radius 2 is 2.16 bits per heavy atom. The molecular weight excluding hydrogens is 238 g/mol. The van der Waals surface area contributed by atoms with Gasteiger partial charge in [-0.2, -0.15) is 0 Å². The molecule has 3 heterocycles. The molecule has 2 atom stereocenters. The number of rotatable bonds is 5. The second kappa shape index (κ2) is 5.88. The summed E-state index contributed by atoms with van der Waals surface area (Å²) in [5.74, 6) is 0. The van der Waals surface area contributed by atoms with Gasteiger partial charge in [0.05, 0.1) is 24.1 Å². The number of anilines is 1. The number of nitrogens with one attached hydrogen (secondary N) is 1. The number of morpholine rings is 1. The standard InChI is InChI=1S/C15H23N3O/c1-2-6-16-8-12-5-7-17-9-15(12)18-10-13-3-4-14(11-18)19-13/h5,7,9,13-14,16H,2-4,6,8,10-11H2,1H3. The Morgan fingerprint density at radius 1 is 1.37 bits per heavy atom. The molecule has 0 saturated carbocycles. The molecule has 2 fully saturated rings. The van der Waals surface area contributed by atoms with Crippen LogP contribution >= 0.6 is 0 Å². The molecule has 0 aliphatic carbocycles. The lowest BCUT2D eigenvalue weighted by molar-refractivity contribution is 0.0304. The van der Waals surface area contributed by atoms with Crippen LogP contribution in [-0.4, -0.2) is 36.8 Å². The molecule has 2 bridgehead atoms. The van der Waals surface area contributed by atoms with Gasteiger partial charge in [0.1, 0.15) is 0 Å². The summed E-state index contributed by atoms with van der Waals surface area (Å²) < 4.78 is 5.91. The summed E-state index contributed by atoms with van der Waals surface area (Å²) in [7, 11) is 0. The third-order valence-electron chi connectivity index (χ3n) is 4.01. The largest absolute Gasteiger partial charge is 0.371 e. The van der Waals surface area contributed by atoms with E-state index in [2.05, 4.69) is 28.2 Å². The highest BCUT2D eigenvalue weighted by molar-refractivity contribution is 5.52. The Labute approximate surface area is 115 Å². The maximum atomic E-state index is 5.91. The fraction of sp³-hybridized carbons (Fsp3) is 0.667. The first kappa shape index (κ1) is 12.9. The summed E-state index contributed by atoms with van der Waals surface area (Å²) in [6.45, 7) is 6.22. The molecule has 19 heavy (non-hydrogen) atoms. The molecule has 1 aromatic heterocycles. The van der Waals surface area contributed by atoms with Crippen LogP contribution in [0.3, 0.4) is 0 Å². The molecule has 0 spiro atoms. The van der Waals surface area contributed by atoms with Gasteiger partial charge < -0.3 is 15.0 Å². The maximum absolute atomic E-state index is 5.91. The van der Waals surface area contributed by atoms with Crippen molar-refractivity contribution in [3.8, 4) is 0 Å². The molecule has 2 aliphatic rings. The van der Waals surface area contributed by atoms with Gasteiger partial charge in [0.15, 0.2) is 0 Å². The van der Waals surface area contributed by atoms with E-state index in [-0.39, 0.29) is 0 Å². The Kier molecular flexibility index (Phi) is 3.99. The van der Waals surface area contributed by atoms with Crippen molar-refractivity contribution in [2.45, 2.75) is 44.9 Å². The fourth-order valence-corrected chi connectivity index (χ4v) is 3.06. The summed E-state index contributed by atoms with van der Waals surface area (Å²) in [6, 6.07) is 2.13. The number of hydrogen-bond acceptors (Lipinski definition) is 4. The van der Waals surface area contributed by atoms with Crippen molar-refractivity contribution >= 4 is 5.69 Å². The van der Waals surface area contributed by atoms with Crippen LogP contribution < -0.4 is 10.2 Å². The molecule has 4 nitrogen and oxygen atoms in total. The van der Waals surface area contributed by atoms with Crippen LogP contribution in [0.5, 0.6) is 0 Å². The number of hydrogen-bond donors (Lipinski definition) is 1. The van der Waals surface area contributed by atoms with Gasteiger partial charge in [-0.1, -0.05) is 6.92 Å². The van der Waals surface area contributed by atoms with E-state index >= 15 is 0 Å². The summed E-state index contributed by atoms with van der Waals surface area (Å²) >= 11 is 0. The fourth-order valence-electron chi connectivity index (χ4n) is 3.06. The molecule has 0 amide bonds. The molecule has 3 rings (SSSR count). The average molecular weight is 261 g/mol. The number of aromatic nitrogens is 1. The quantitative estimate of drug-likeness (QED) is 0.822. The van der Waals surface area contributed by atoms with Crippen LogP contribution in [0.15, 0.2) is 18.5 Å². The zero-order valence-corrected chi connectivity index (χ0v) is 11.6. The van der Waals surface area contributed by atoms with Gasteiger partial charge in [-0.25, -0.2) is 0 Å². The minimum atomic E-state index is 0.426. The minimum Gasteiger partial charge on any atom is -0.371 e. The number of pyridine rings is 1. The first-order chi connectivity index (χ1) is 9.36. The smallest absolute Gasteiger partial charge is 0.0755 e. The monoisotopic (exact) mass is 261 g/mol. The lowest BCUT2D eigenvalue weighted by Gasteiger charge is -2.34. The van der Waals surface area contributed by atoms with E-state index in [0.717, 1.165) is 26.2 Å². The van der Waals surface area contributed by atoms with Gasteiger partial charge in [0.25, 0.3) is 0 Å². The van der Waals surface area contributed by atoms with Crippen molar-refractivity contribution < 1.29 is 4.74 Å². The Bertz CT molecular complexity index is 412. The van der Waals surface area contributed by atoms with Crippen molar-refractivity contribution in [1.29, 1.82) is 0 Å². The predicted octanol–water partition coefficient (Wildman–Crippen LogP) is 1.95. The zero-order chi connectivity index (χ0) is 13.1. The molecule has 1 aromatic rings. The van der Waals surface area contributed by atoms with Crippen molar-refractivity contribution in [2.24, 2.45) is 0 Å². The van der Waals surface area contributed by atoms with Crippen LogP contribution in [-0.2, 0) is 11.3 Å². The second-order valence-corrected chi connectivity index (χ2v) is 5.54. The average Bonchev–Trinajstić information content (AvgIpc) is 2.78. The minimum absolute atomic E-state index is 0.426. The predicted molar refractivity (Wildman–Crippen MR) is 76.3 cm³/mol. The molecule has 1 N–H and O–H groups in total. The summed E-state index contributed by atoms with van der Waals surface area (Å²) in [5.41, 5.74) is 2.64. The van der Waals surface area contributed by atoms with Crippen LogP contribution in [0, 0.1) is 0 Å². The highest BCUT2D eigenvalue weighted by atomic mass is 16.5. The Balaban J connectivity index is 1.72. The summed E-state index contributed by atoms with van der Waals surface area (Å²) in [4.78, 5) is 6.77. The van der Waals surface area contributed by atoms with Crippen LogP contribution in [0.1, 0.15) is 31.7 Å². The topological polar surface area (TPSA) is 37.4 Å².